The van der Waals surface area contributed by atoms with Gasteiger partial charge in [-0.2, -0.15) is 0 Å². The normalized spacial score (nSPS) is 12.2. The molecule has 0 aliphatic carbocycles. The van der Waals surface area contributed by atoms with Gasteiger partial charge in [-0.15, -0.1) is 0 Å². The summed E-state index contributed by atoms with van der Waals surface area (Å²) >= 11 is 0. The molecule has 1 rings (SSSR count). The third-order valence-corrected chi connectivity index (χ3v) is 2.96. The first kappa shape index (κ1) is 19.5. The molecule has 0 fully saturated rings. The van der Waals surface area contributed by atoms with Crippen molar-refractivity contribution in [1.29, 1.82) is 0 Å². The highest BCUT2D eigenvalue weighted by Gasteiger charge is 2.25. The largest absolute Gasteiger partial charge is 0.508 e. The molecule has 0 saturated heterocycles. The summed E-state index contributed by atoms with van der Waals surface area (Å²) in [6.45, 7) is 5.23. The lowest BCUT2D eigenvalue weighted by atomic mass is 10.1. The Bertz CT molecular complexity index is 605. The zero-order valence-electron chi connectivity index (χ0n) is 14.3. The fourth-order valence-electron chi connectivity index (χ4n) is 1.93. The van der Waals surface area contributed by atoms with Crippen LogP contribution in [0.2, 0.25) is 0 Å². The predicted octanol–water partition coefficient (Wildman–Crippen LogP) is 1.79. The molecule has 0 saturated carbocycles. The van der Waals surface area contributed by atoms with Gasteiger partial charge in [-0.05, 0) is 45.4 Å². The van der Waals surface area contributed by atoms with Crippen molar-refractivity contribution in [2.45, 2.75) is 45.3 Å². The van der Waals surface area contributed by atoms with Crippen molar-refractivity contribution in [2.24, 2.45) is 0 Å². The van der Waals surface area contributed by atoms with E-state index in [2.05, 4.69) is 10.1 Å². The first-order chi connectivity index (χ1) is 11.1. The van der Waals surface area contributed by atoms with Gasteiger partial charge in [0, 0.05) is 12.0 Å². The lowest BCUT2D eigenvalue weighted by Crippen LogP contribution is -2.42. The van der Waals surface area contributed by atoms with Crippen LogP contribution < -0.4 is 5.32 Å². The number of phenolic OH excluding ortho intramolecular Hbond substituents is 1. The first-order valence-electron chi connectivity index (χ1n) is 7.52. The number of esters is 2. The summed E-state index contributed by atoms with van der Waals surface area (Å²) in [6, 6.07) is 4.72. The Labute approximate surface area is 141 Å². The Kier molecular flexibility index (Phi) is 6.76. The van der Waals surface area contributed by atoms with E-state index in [-0.39, 0.29) is 24.2 Å². The third kappa shape index (κ3) is 6.68. The molecule has 7 nitrogen and oxygen atoms in total. The van der Waals surface area contributed by atoms with Gasteiger partial charge < -0.3 is 19.9 Å². The number of aromatic hydroxyl groups is 1. The number of amides is 1. The summed E-state index contributed by atoms with van der Waals surface area (Å²) in [5.41, 5.74) is -0.427. The van der Waals surface area contributed by atoms with Gasteiger partial charge in [0.1, 0.15) is 17.4 Å². The lowest BCUT2D eigenvalue weighted by molar-refractivity contribution is -0.155. The van der Waals surface area contributed by atoms with Crippen LogP contribution in [0.4, 0.5) is 0 Å². The van der Waals surface area contributed by atoms with Crippen LogP contribution in [0.5, 0.6) is 5.75 Å². The zero-order chi connectivity index (χ0) is 18.3. The van der Waals surface area contributed by atoms with E-state index >= 15 is 0 Å². The smallest absolute Gasteiger partial charge is 0.328 e. The Hall–Kier alpha value is -2.57. The summed E-state index contributed by atoms with van der Waals surface area (Å²) in [6.07, 6.45) is 0.00347. The molecular weight excluding hydrogens is 314 g/mol. The van der Waals surface area contributed by atoms with E-state index in [1.54, 1.807) is 20.8 Å². The fourth-order valence-corrected chi connectivity index (χ4v) is 1.93. The van der Waals surface area contributed by atoms with Gasteiger partial charge in [0.2, 0.25) is 0 Å². The Balaban J connectivity index is 2.71. The topological polar surface area (TPSA) is 102 Å². The molecule has 0 bridgehead atoms. The Morgan fingerprint density at radius 2 is 1.92 bits per heavy atom. The Morgan fingerprint density at radius 3 is 2.46 bits per heavy atom. The van der Waals surface area contributed by atoms with Crippen molar-refractivity contribution < 1.29 is 29.0 Å². The maximum absolute atomic E-state index is 12.2. The second-order valence-electron chi connectivity index (χ2n) is 6.22. The SMILES string of the molecule is COC(=O)[C@H](CCC(=O)OC(C)(C)C)NC(=O)c1cccc(O)c1. The monoisotopic (exact) mass is 337 g/mol. The Morgan fingerprint density at radius 1 is 1.25 bits per heavy atom. The molecule has 1 aromatic carbocycles. The highest BCUT2D eigenvalue weighted by molar-refractivity contribution is 5.97. The summed E-state index contributed by atoms with van der Waals surface area (Å²) in [7, 11) is 1.20. The highest BCUT2D eigenvalue weighted by Crippen LogP contribution is 2.13. The van der Waals surface area contributed by atoms with Gasteiger partial charge >= 0.3 is 11.9 Å². The number of hydrogen-bond donors (Lipinski definition) is 2. The molecule has 132 valence electrons. The quantitative estimate of drug-likeness (QED) is 0.767. The lowest BCUT2D eigenvalue weighted by Gasteiger charge is -2.21. The van der Waals surface area contributed by atoms with Gasteiger partial charge in [-0.1, -0.05) is 6.07 Å². The highest BCUT2D eigenvalue weighted by atomic mass is 16.6. The first-order valence-corrected chi connectivity index (χ1v) is 7.52. The number of hydrogen-bond acceptors (Lipinski definition) is 6. The van der Waals surface area contributed by atoms with Crippen LogP contribution >= 0.6 is 0 Å². The maximum atomic E-state index is 12.2. The number of rotatable bonds is 6. The minimum Gasteiger partial charge on any atom is -0.508 e. The van der Waals surface area contributed by atoms with Gasteiger partial charge in [-0.3, -0.25) is 9.59 Å². The van der Waals surface area contributed by atoms with Gasteiger partial charge in [-0.25, -0.2) is 4.79 Å². The predicted molar refractivity (Wildman–Crippen MR) is 86.5 cm³/mol. The van der Waals surface area contributed by atoms with Crippen LogP contribution in [0.15, 0.2) is 24.3 Å². The molecule has 1 atom stereocenters. The number of nitrogens with one attached hydrogen (secondary N) is 1. The molecule has 24 heavy (non-hydrogen) atoms. The van der Waals surface area contributed by atoms with Crippen LogP contribution in [-0.4, -0.2) is 41.7 Å². The number of phenols is 1. The molecule has 1 amide bonds. The van der Waals surface area contributed by atoms with Crippen LogP contribution in [0, 0.1) is 0 Å². The van der Waals surface area contributed by atoms with Crippen LogP contribution in [0.3, 0.4) is 0 Å². The molecule has 0 radical (unpaired) electrons. The third-order valence-electron chi connectivity index (χ3n) is 2.96. The molecule has 7 heteroatoms. The molecule has 0 heterocycles. The number of carbonyl (C=O) groups excluding carboxylic acids is 3. The van der Waals surface area contributed by atoms with Crippen molar-refractivity contribution in [1.82, 2.24) is 5.32 Å². The molecule has 0 aliphatic rings. The van der Waals surface area contributed by atoms with Gasteiger partial charge in [0.15, 0.2) is 0 Å². The van der Waals surface area contributed by atoms with Crippen molar-refractivity contribution in [3.05, 3.63) is 29.8 Å². The molecule has 0 aliphatic heterocycles. The van der Waals surface area contributed by atoms with E-state index < -0.39 is 29.5 Å². The number of carbonyl (C=O) groups is 3. The zero-order valence-corrected chi connectivity index (χ0v) is 14.3. The molecule has 0 aromatic heterocycles. The summed E-state index contributed by atoms with van der Waals surface area (Å²) in [4.78, 5) is 35.7. The van der Waals surface area contributed by atoms with Crippen molar-refractivity contribution in [3.8, 4) is 5.75 Å². The average molecular weight is 337 g/mol. The standard InChI is InChI=1S/C17H23NO6/c1-17(2,3)24-14(20)9-8-13(16(22)23-4)18-15(21)11-6-5-7-12(19)10-11/h5-7,10,13,19H,8-9H2,1-4H3,(H,18,21)/t13-/m0/s1. The van der Waals surface area contributed by atoms with E-state index in [0.29, 0.717) is 0 Å². The molecular formula is C17H23NO6. The number of benzene rings is 1. The molecule has 0 unspecified atom stereocenters. The van der Waals surface area contributed by atoms with Crippen LogP contribution in [0.1, 0.15) is 44.0 Å². The van der Waals surface area contributed by atoms with Gasteiger partial charge in [0.05, 0.1) is 7.11 Å². The summed E-state index contributed by atoms with van der Waals surface area (Å²) < 4.78 is 9.82. The second-order valence-corrected chi connectivity index (χ2v) is 6.22. The number of ether oxygens (including phenoxy) is 2. The molecule has 2 N–H and O–H groups in total. The second kappa shape index (κ2) is 8.33. The summed E-state index contributed by atoms with van der Waals surface area (Å²) in [5.74, 6) is -1.74. The van der Waals surface area contributed by atoms with Gasteiger partial charge in [0.25, 0.3) is 5.91 Å². The minimum absolute atomic E-state index is 0.0443. The van der Waals surface area contributed by atoms with E-state index in [4.69, 9.17) is 4.74 Å². The van der Waals surface area contributed by atoms with Crippen molar-refractivity contribution in [3.63, 3.8) is 0 Å². The van der Waals surface area contributed by atoms with E-state index in [1.165, 1.54) is 31.4 Å². The van der Waals surface area contributed by atoms with Crippen molar-refractivity contribution in [2.75, 3.05) is 7.11 Å². The summed E-state index contributed by atoms with van der Waals surface area (Å²) in [5, 5.41) is 11.9. The van der Waals surface area contributed by atoms with Crippen LogP contribution in [-0.2, 0) is 19.1 Å². The molecule has 0 spiro atoms. The molecule has 1 aromatic rings. The fraction of sp³-hybridized carbons (Fsp3) is 0.471. The van der Waals surface area contributed by atoms with Crippen LogP contribution in [0.25, 0.3) is 0 Å². The maximum Gasteiger partial charge on any atom is 0.328 e. The average Bonchev–Trinajstić information content (AvgIpc) is 2.48. The van der Waals surface area contributed by atoms with Crippen molar-refractivity contribution >= 4 is 17.8 Å². The van der Waals surface area contributed by atoms with E-state index in [1.807, 2.05) is 0 Å². The number of methoxy groups -OCH3 is 1. The van der Waals surface area contributed by atoms with E-state index in [0.717, 1.165) is 0 Å². The minimum atomic E-state index is -0.989. The van der Waals surface area contributed by atoms with E-state index in [9.17, 15) is 19.5 Å².